The fourth-order valence-corrected chi connectivity index (χ4v) is 11.0. The van der Waals surface area contributed by atoms with Crippen LogP contribution in [0.25, 0.3) is 55.3 Å². The highest BCUT2D eigenvalue weighted by molar-refractivity contribution is 6.67. The van der Waals surface area contributed by atoms with Crippen molar-refractivity contribution in [3.8, 4) is 44.5 Å². The van der Waals surface area contributed by atoms with Crippen LogP contribution in [0.15, 0.2) is 218 Å². The molecule has 11 rings (SSSR count). The molecule has 65 heavy (non-hydrogen) atoms. The Balaban J connectivity index is 1.15. The number of benzene rings is 10. The molecule has 0 fully saturated rings. The maximum absolute atomic E-state index is 2.51. The zero-order chi connectivity index (χ0) is 44.2. The number of hydrogen-bond acceptors (Lipinski definition) is 1. The van der Waals surface area contributed by atoms with Crippen LogP contribution in [0.4, 0.5) is 17.1 Å². The van der Waals surface area contributed by atoms with Gasteiger partial charge in [0.25, 0.3) is 0 Å². The molecule has 10 aromatic carbocycles. The molecule has 0 N–H and O–H groups in total. The van der Waals surface area contributed by atoms with E-state index in [1.165, 1.54) is 105 Å². The Labute approximate surface area is 387 Å². The van der Waals surface area contributed by atoms with Gasteiger partial charge in [0.05, 0.1) is 11.1 Å². The van der Waals surface area contributed by atoms with Gasteiger partial charge in [-0.1, -0.05) is 199 Å². The summed E-state index contributed by atoms with van der Waals surface area (Å²) >= 11 is 0. The predicted octanol–water partition coefficient (Wildman–Crippen LogP) is 6.97. The summed E-state index contributed by atoms with van der Waals surface area (Å²) in [6.45, 7) is 0. The molecule has 0 saturated heterocycles. The van der Waals surface area contributed by atoms with Crippen molar-refractivity contribution in [3.05, 3.63) is 241 Å². The zero-order valence-electron chi connectivity index (χ0n) is 37.7. The normalized spacial score (nSPS) is 13.9. The fraction of sp³-hybridized carbons (Fsp3) is 0.0169. The largest absolute Gasteiger partial charge is 0.310 e. The van der Waals surface area contributed by atoms with Gasteiger partial charge in [-0.25, -0.2) is 0 Å². The van der Waals surface area contributed by atoms with Crippen molar-refractivity contribution < 1.29 is 0 Å². The number of nitrogens with zero attached hydrogens (tertiary/aromatic N) is 1. The van der Waals surface area contributed by atoms with Crippen LogP contribution < -0.4 is 32.2 Å². The topological polar surface area (TPSA) is 3.24 Å². The second-order valence-corrected chi connectivity index (χ2v) is 17.7. The predicted molar refractivity (Wildman–Crippen MR) is 293 cm³/mol. The van der Waals surface area contributed by atoms with E-state index in [1.807, 2.05) is 0 Å². The maximum atomic E-state index is 2.51. The molecular formula is C59H46B5N. The van der Waals surface area contributed by atoms with Crippen LogP contribution >= 0.6 is 0 Å². The Morgan fingerprint density at radius 1 is 0.308 bits per heavy atom. The van der Waals surface area contributed by atoms with Crippen LogP contribution in [0.3, 0.4) is 0 Å². The SMILES string of the molecule is Bc1c(B)c(B)c(C2(c3ccccc3)c3ccccc3-c3ccc(N(c4ccc(-c5ccc(-c6ccccc6)c6ccccc56)cc4)c4ccccc4-c4ccccc4)cc32)c(B)c1B. The van der Waals surface area contributed by atoms with Gasteiger partial charge in [-0.2, -0.15) is 0 Å². The molecule has 0 aliphatic heterocycles. The first-order chi connectivity index (χ1) is 31.9. The van der Waals surface area contributed by atoms with Gasteiger partial charge in [0.2, 0.25) is 0 Å². The van der Waals surface area contributed by atoms with Crippen molar-refractivity contribution in [2.75, 3.05) is 4.90 Å². The van der Waals surface area contributed by atoms with Gasteiger partial charge in [-0.3, -0.25) is 0 Å². The molecule has 302 valence electrons. The minimum absolute atomic E-state index is 0.554. The Morgan fingerprint density at radius 2 is 0.738 bits per heavy atom. The molecule has 0 spiro atoms. The molecule has 0 radical (unpaired) electrons. The Bertz CT molecular complexity index is 3400. The van der Waals surface area contributed by atoms with Crippen LogP contribution in [-0.4, -0.2) is 39.2 Å². The van der Waals surface area contributed by atoms with E-state index in [1.54, 1.807) is 0 Å². The van der Waals surface area contributed by atoms with Gasteiger partial charge in [0.15, 0.2) is 0 Å². The molecule has 1 aliphatic carbocycles. The van der Waals surface area contributed by atoms with Crippen molar-refractivity contribution in [1.29, 1.82) is 0 Å². The lowest BCUT2D eigenvalue weighted by Crippen LogP contribution is -2.59. The summed E-state index contributed by atoms with van der Waals surface area (Å²) in [6.07, 6.45) is 0. The number of hydrogen-bond donors (Lipinski definition) is 0. The van der Waals surface area contributed by atoms with Gasteiger partial charge in [-0.05, 0) is 102 Å². The Morgan fingerprint density at radius 3 is 1.35 bits per heavy atom. The van der Waals surface area contributed by atoms with Crippen molar-refractivity contribution in [2.45, 2.75) is 5.41 Å². The van der Waals surface area contributed by atoms with E-state index < -0.39 is 5.41 Å². The van der Waals surface area contributed by atoms with Gasteiger partial charge in [0.1, 0.15) is 39.2 Å². The van der Waals surface area contributed by atoms with Gasteiger partial charge >= 0.3 is 0 Å². The van der Waals surface area contributed by atoms with E-state index >= 15 is 0 Å². The Hall–Kier alpha value is -7.42. The van der Waals surface area contributed by atoms with E-state index in [0.717, 1.165) is 17.1 Å². The zero-order valence-corrected chi connectivity index (χ0v) is 37.7. The van der Waals surface area contributed by atoms with E-state index in [2.05, 4.69) is 263 Å². The third-order valence-corrected chi connectivity index (χ3v) is 14.5. The quantitative estimate of drug-likeness (QED) is 0.150. The molecule has 10 aromatic rings. The first-order valence-corrected chi connectivity index (χ1v) is 22.9. The second-order valence-electron chi connectivity index (χ2n) is 17.7. The molecule has 0 amide bonds. The molecule has 1 nitrogen and oxygen atoms in total. The van der Waals surface area contributed by atoms with Crippen LogP contribution in [-0.2, 0) is 5.41 Å². The molecule has 1 unspecified atom stereocenters. The average Bonchev–Trinajstić information content (AvgIpc) is 3.66. The highest BCUT2D eigenvalue weighted by Gasteiger charge is 2.48. The highest BCUT2D eigenvalue weighted by atomic mass is 15.1. The van der Waals surface area contributed by atoms with Crippen molar-refractivity contribution in [2.24, 2.45) is 0 Å². The summed E-state index contributed by atoms with van der Waals surface area (Å²) in [5, 5.41) is 2.50. The Kier molecular flexibility index (Phi) is 10.1. The summed E-state index contributed by atoms with van der Waals surface area (Å²) < 4.78 is 0. The molecule has 6 heteroatoms. The third-order valence-electron chi connectivity index (χ3n) is 14.5. The minimum Gasteiger partial charge on any atom is -0.310 e. The lowest BCUT2D eigenvalue weighted by molar-refractivity contribution is 0.780. The van der Waals surface area contributed by atoms with E-state index in [4.69, 9.17) is 0 Å². The standard InChI is InChI=1S/C59H46B5N/c60-54-53(55(61)57(63)58(64)56(54)62)59(40-20-8-3-9-21-40)50-26-14-12-25-48(50)49-33-32-42(36-51(49)59)65(52-27-15-13-22-45(52)38-18-6-2-7-19-38)41-30-28-39(29-31-41)44-35-34-43(37-16-4-1-5-17-37)46-23-10-11-24-47(44)46/h1-36H,60-64H2. The van der Waals surface area contributed by atoms with Crippen molar-refractivity contribution >= 4 is 94.4 Å². The molecule has 1 atom stereocenters. The molecule has 1 aliphatic rings. The van der Waals surface area contributed by atoms with Crippen molar-refractivity contribution in [1.82, 2.24) is 0 Å². The highest BCUT2D eigenvalue weighted by Crippen LogP contribution is 2.57. The number of fused-ring (bicyclic) bond motifs is 4. The number of anilines is 3. The molecule has 0 saturated carbocycles. The van der Waals surface area contributed by atoms with Crippen molar-refractivity contribution in [3.63, 3.8) is 0 Å². The summed E-state index contributed by atoms with van der Waals surface area (Å²) in [5.41, 5.74) is 24.7. The molecular weight excluding hydrogens is 777 g/mol. The maximum Gasteiger partial charge on any atom is 0.138 e. The van der Waals surface area contributed by atoms with E-state index in [-0.39, 0.29) is 0 Å². The van der Waals surface area contributed by atoms with E-state index in [9.17, 15) is 0 Å². The van der Waals surface area contributed by atoms with Gasteiger partial charge in [-0.15, -0.1) is 16.4 Å². The fourth-order valence-electron chi connectivity index (χ4n) is 11.0. The van der Waals surface area contributed by atoms with Crippen LogP contribution in [0.2, 0.25) is 0 Å². The smallest absolute Gasteiger partial charge is 0.138 e. The van der Waals surface area contributed by atoms with Crippen LogP contribution in [0.5, 0.6) is 0 Å². The summed E-state index contributed by atoms with van der Waals surface area (Å²) in [6, 6.07) is 80.6. The van der Waals surface area contributed by atoms with Crippen LogP contribution in [0, 0.1) is 0 Å². The second kappa shape index (κ2) is 16.3. The van der Waals surface area contributed by atoms with Crippen LogP contribution in [0.1, 0.15) is 22.3 Å². The van der Waals surface area contributed by atoms with E-state index in [0.29, 0.717) is 0 Å². The molecule has 0 heterocycles. The monoisotopic (exact) mass is 823 g/mol. The summed E-state index contributed by atoms with van der Waals surface area (Å²) in [7, 11) is 11.6. The van der Waals surface area contributed by atoms with Gasteiger partial charge < -0.3 is 4.90 Å². The lowest BCUT2D eigenvalue weighted by Gasteiger charge is -2.39. The first kappa shape index (κ1) is 40.4. The number of para-hydroxylation sites is 1. The molecule has 0 aromatic heterocycles. The first-order valence-electron chi connectivity index (χ1n) is 22.9. The molecule has 0 bridgehead atoms. The van der Waals surface area contributed by atoms with Gasteiger partial charge in [0, 0.05) is 16.9 Å². The minimum atomic E-state index is -0.554. The lowest BCUT2D eigenvalue weighted by atomic mass is 9.53. The number of rotatable bonds is 8. The summed E-state index contributed by atoms with van der Waals surface area (Å²) in [5.74, 6) is 0. The average molecular weight is 823 g/mol. The third kappa shape index (κ3) is 6.46. The summed E-state index contributed by atoms with van der Waals surface area (Å²) in [4.78, 5) is 2.48.